The molecule has 2 saturated heterocycles. The van der Waals surface area contributed by atoms with E-state index in [0.717, 1.165) is 32.5 Å². The Balaban J connectivity index is 2.01. The minimum absolute atomic E-state index is 0.239. The Labute approximate surface area is 111 Å². The van der Waals surface area contributed by atoms with Gasteiger partial charge in [0.15, 0.2) is 0 Å². The average Bonchev–Trinajstić information content (AvgIpc) is 2.41. The number of likely N-dealkylation sites (tertiary alicyclic amines) is 1. The number of hydrogen-bond donors (Lipinski definition) is 1. The smallest absolute Gasteiger partial charge is 0.227 e. The van der Waals surface area contributed by atoms with Crippen LogP contribution in [0, 0.1) is 11.8 Å². The summed E-state index contributed by atoms with van der Waals surface area (Å²) >= 11 is 0. The predicted molar refractivity (Wildman–Crippen MR) is 74.4 cm³/mol. The number of carbonyl (C=O) groups excluding carboxylic acids is 1. The Hall–Kier alpha value is -0.570. The van der Waals surface area contributed by atoms with Crippen LogP contribution in [0.15, 0.2) is 0 Å². The third-order valence-electron chi connectivity index (χ3n) is 4.63. The lowest BCUT2D eigenvalue weighted by Crippen LogP contribution is -2.52. The van der Waals surface area contributed by atoms with Crippen molar-refractivity contribution in [3.05, 3.63) is 0 Å². The number of nitrogens with one attached hydrogen (secondary N) is 1. The SMILES string of the molecule is CCCC1C(C)CCCN1C(=O)C1CCCNC1. The molecule has 2 fully saturated rings. The Morgan fingerprint density at radius 3 is 2.83 bits per heavy atom. The van der Waals surface area contributed by atoms with E-state index in [1.54, 1.807) is 0 Å². The van der Waals surface area contributed by atoms with Crippen LogP contribution in [0.3, 0.4) is 0 Å². The highest BCUT2D eigenvalue weighted by molar-refractivity contribution is 5.79. The lowest BCUT2D eigenvalue weighted by molar-refractivity contribution is -0.141. The van der Waals surface area contributed by atoms with Crippen molar-refractivity contribution in [2.24, 2.45) is 11.8 Å². The first-order chi connectivity index (χ1) is 8.74. The van der Waals surface area contributed by atoms with Crippen LogP contribution in [-0.4, -0.2) is 36.5 Å². The molecule has 3 atom stereocenters. The lowest BCUT2D eigenvalue weighted by Gasteiger charge is -2.42. The molecule has 3 heteroatoms. The van der Waals surface area contributed by atoms with Crippen molar-refractivity contribution in [1.29, 1.82) is 0 Å². The van der Waals surface area contributed by atoms with Gasteiger partial charge in [-0.3, -0.25) is 4.79 Å². The number of hydrogen-bond acceptors (Lipinski definition) is 2. The van der Waals surface area contributed by atoms with Gasteiger partial charge in [-0.2, -0.15) is 0 Å². The fourth-order valence-corrected chi connectivity index (χ4v) is 3.56. The van der Waals surface area contributed by atoms with E-state index in [0.29, 0.717) is 17.9 Å². The number of piperidine rings is 2. The monoisotopic (exact) mass is 252 g/mol. The molecule has 18 heavy (non-hydrogen) atoms. The lowest BCUT2D eigenvalue weighted by atomic mass is 9.86. The van der Waals surface area contributed by atoms with Crippen LogP contribution in [0.1, 0.15) is 52.4 Å². The first kappa shape index (κ1) is 13.9. The molecular formula is C15H28N2O. The molecule has 0 aliphatic carbocycles. The molecule has 0 aromatic carbocycles. The molecule has 0 saturated carbocycles. The minimum atomic E-state index is 0.239. The molecular weight excluding hydrogens is 224 g/mol. The quantitative estimate of drug-likeness (QED) is 0.836. The third kappa shape index (κ3) is 3.05. The van der Waals surface area contributed by atoms with Crippen LogP contribution in [0.4, 0.5) is 0 Å². The highest BCUT2D eigenvalue weighted by Gasteiger charge is 2.34. The van der Waals surface area contributed by atoms with E-state index in [-0.39, 0.29) is 5.92 Å². The predicted octanol–water partition coefficient (Wildman–Crippen LogP) is 2.41. The molecule has 0 spiro atoms. The van der Waals surface area contributed by atoms with Gasteiger partial charge in [0.2, 0.25) is 5.91 Å². The van der Waals surface area contributed by atoms with Gasteiger partial charge in [-0.1, -0.05) is 20.3 Å². The molecule has 0 aromatic rings. The van der Waals surface area contributed by atoms with Crippen molar-refractivity contribution in [3.8, 4) is 0 Å². The standard InChI is InChI=1S/C15H28N2O/c1-3-6-14-12(2)7-5-10-17(14)15(18)13-8-4-9-16-11-13/h12-14,16H,3-11H2,1-2H3. The summed E-state index contributed by atoms with van der Waals surface area (Å²) in [5.74, 6) is 1.34. The Morgan fingerprint density at radius 2 is 2.17 bits per heavy atom. The van der Waals surface area contributed by atoms with Gasteiger partial charge >= 0.3 is 0 Å². The second-order valence-corrected chi connectivity index (χ2v) is 6.05. The van der Waals surface area contributed by atoms with E-state index in [4.69, 9.17) is 0 Å². The summed E-state index contributed by atoms with van der Waals surface area (Å²) in [6.45, 7) is 7.51. The first-order valence-electron chi connectivity index (χ1n) is 7.75. The maximum Gasteiger partial charge on any atom is 0.227 e. The summed E-state index contributed by atoms with van der Waals surface area (Å²) in [6, 6.07) is 0.498. The molecule has 0 aromatic heterocycles. The summed E-state index contributed by atoms with van der Waals surface area (Å²) in [5, 5.41) is 3.37. The third-order valence-corrected chi connectivity index (χ3v) is 4.63. The number of amides is 1. The largest absolute Gasteiger partial charge is 0.339 e. The summed E-state index contributed by atoms with van der Waals surface area (Å²) in [7, 11) is 0. The van der Waals surface area contributed by atoms with Gasteiger partial charge in [0, 0.05) is 19.1 Å². The molecule has 1 amide bonds. The van der Waals surface area contributed by atoms with Crippen molar-refractivity contribution in [3.63, 3.8) is 0 Å². The van der Waals surface area contributed by atoms with Gasteiger partial charge in [-0.25, -0.2) is 0 Å². The molecule has 2 aliphatic rings. The summed E-state index contributed by atoms with van der Waals surface area (Å²) < 4.78 is 0. The molecule has 2 heterocycles. The average molecular weight is 252 g/mol. The molecule has 0 bridgehead atoms. The van der Waals surface area contributed by atoms with Gasteiger partial charge < -0.3 is 10.2 Å². The van der Waals surface area contributed by atoms with E-state index >= 15 is 0 Å². The number of nitrogens with zero attached hydrogens (tertiary/aromatic N) is 1. The molecule has 104 valence electrons. The van der Waals surface area contributed by atoms with Crippen LogP contribution < -0.4 is 5.32 Å². The second kappa shape index (κ2) is 6.55. The summed E-state index contributed by atoms with van der Waals surface area (Å²) in [6.07, 6.45) is 7.06. The zero-order chi connectivity index (χ0) is 13.0. The molecule has 0 radical (unpaired) electrons. The zero-order valence-corrected chi connectivity index (χ0v) is 12.0. The minimum Gasteiger partial charge on any atom is -0.339 e. The van der Waals surface area contributed by atoms with Crippen molar-refractivity contribution < 1.29 is 4.79 Å². The highest BCUT2D eigenvalue weighted by atomic mass is 16.2. The van der Waals surface area contributed by atoms with Crippen LogP contribution >= 0.6 is 0 Å². The number of carbonyl (C=O) groups is 1. The van der Waals surface area contributed by atoms with Gasteiger partial charge in [0.1, 0.15) is 0 Å². The van der Waals surface area contributed by atoms with Gasteiger partial charge in [-0.05, 0) is 44.6 Å². The highest BCUT2D eigenvalue weighted by Crippen LogP contribution is 2.28. The molecule has 3 nitrogen and oxygen atoms in total. The molecule has 3 unspecified atom stereocenters. The van der Waals surface area contributed by atoms with Crippen molar-refractivity contribution in [2.45, 2.75) is 58.4 Å². The maximum absolute atomic E-state index is 12.7. The van der Waals surface area contributed by atoms with E-state index in [9.17, 15) is 4.79 Å². The van der Waals surface area contributed by atoms with Crippen molar-refractivity contribution >= 4 is 5.91 Å². The Morgan fingerprint density at radius 1 is 1.33 bits per heavy atom. The number of rotatable bonds is 3. The fraction of sp³-hybridized carbons (Fsp3) is 0.933. The van der Waals surface area contributed by atoms with E-state index < -0.39 is 0 Å². The summed E-state index contributed by atoms with van der Waals surface area (Å²) in [4.78, 5) is 14.9. The Kier molecular flexibility index (Phi) is 5.04. The topological polar surface area (TPSA) is 32.3 Å². The molecule has 2 aliphatic heterocycles. The van der Waals surface area contributed by atoms with E-state index in [1.165, 1.54) is 25.7 Å². The second-order valence-electron chi connectivity index (χ2n) is 6.05. The van der Waals surface area contributed by atoms with Crippen LogP contribution in [0.2, 0.25) is 0 Å². The van der Waals surface area contributed by atoms with Crippen LogP contribution in [0.25, 0.3) is 0 Å². The molecule has 1 N–H and O–H groups in total. The van der Waals surface area contributed by atoms with Gasteiger partial charge in [0.05, 0.1) is 5.92 Å². The fourth-order valence-electron chi connectivity index (χ4n) is 3.56. The first-order valence-corrected chi connectivity index (χ1v) is 7.75. The van der Waals surface area contributed by atoms with Crippen LogP contribution in [-0.2, 0) is 4.79 Å². The molecule has 2 rings (SSSR count). The van der Waals surface area contributed by atoms with Crippen molar-refractivity contribution in [2.75, 3.05) is 19.6 Å². The van der Waals surface area contributed by atoms with E-state index in [2.05, 4.69) is 24.1 Å². The van der Waals surface area contributed by atoms with Gasteiger partial charge in [0.25, 0.3) is 0 Å². The van der Waals surface area contributed by atoms with Gasteiger partial charge in [-0.15, -0.1) is 0 Å². The summed E-state index contributed by atoms with van der Waals surface area (Å²) in [5.41, 5.74) is 0. The maximum atomic E-state index is 12.7. The normalized spacial score (nSPS) is 33.4. The zero-order valence-electron chi connectivity index (χ0n) is 12.0. The van der Waals surface area contributed by atoms with E-state index in [1.807, 2.05) is 0 Å². The van der Waals surface area contributed by atoms with Crippen molar-refractivity contribution in [1.82, 2.24) is 10.2 Å². The van der Waals surface area contributed by atoms with Crippen LogP contribution in [0.5, 0.6) is 0 Å². The Bertz CT molecular complexity index is 274.